The van der Waals surface area contributed by atoms with Gasteiger partial charge in [-0.15, -0.1) is 11.6 Å². The summed E-state index contributed by atoms with van der Waals surface area (Å²) < 4.78 is 0. The van der Waals surface area contributed by atoms with Crippen molar-refractivity contribution in [1.82, 2.24) is 5.32 Å². The maximum atomic E-state index is 11.2. The number of alkyl halides is 1. The molecule has 0 saturated heterocycles. The predicted molar refractivity (Wildman–Crippen MR) is 52.3 cm³/mol. The van der Waals surface area contributed by atoms with E-state index >= 15 is 0 Å². The number of amides is 1. The summed E-state index contributed by atoms with van der Waals surface area (Å²) in [5, 5.41) is 2.85. The van der Waals surface area contributed by atoms with Crippen LogP contribution in [0.2, 0.25) is 0 Å². The molecular weight excluding hydrogens is 174 g/mol. The van der Waals surface area contributed by atoms with E-state index in [1.807, 2.05) is 6.92 Å². The fourth-order valence-electron chi connectivity index (χ4n) is 0.597. The van der Waals surface area contributed by atoms with E-state index in [-0.39, 0.29) is 17.2 Å². The van der Waals surface area contributed by atoms with E-state index < -0.39 is 0 Å². The maximum absolute atomic E-state index is 11.2. The molecule has 1 unspecified atom stereocenters. The minimum absolute atomic E-state index is 0.0416. The highest BCUT2D eigenvalue weighted by Gasteiger charge is 2.15. The lowest BCUT2D eigenvalue weighted by molar-refractivity contribution is -0.124. The summed E-state index contributed by atoms with van der Waals surface area (Å²) in [5.41, 5.74) is 0.141. The van der Waals surface area contributed by atoms with Gasteiger partial charge < -0.3 is 5.32 Å². The molecule has 2 nitrogen and oxygen atoms in total. The zero-order chi connectivity index (χ0) is 9.78. The Bertz CT molecular complexity index is 151. The van der Waals surface area contributed by atoms with Crippen molar-refractivity contribution in [2.45, 2.75) is 27.7 Å². The standard InChI is InChI=1S/C9H18ClNO/c1-7(5-10)8(12)11-6-9(2,3)4/h7H,5-6H2,1-4H3,(H,11,12). The zero-order valence-corrected chi connectivity index (χ0v) is 9.03. The average Bonchev–Trinajstić information content (AvgIpc) is 1.97. The third kappa shape index (κ3) is 5.42. The fraction of sp³-hybridized carbons (Fsp3) is 0.889. The lowest BCUT2D eigenvalue weighted by Crippen LogP contribution is -2.36. The Balaban J connectivity index is 3.72. The second-order valence-corrected chi connectivity index (χ2v) is 4.64. The molecule has 3 heteroatoms. The molecule has 0 spiro atoms. The van der Waals surface area contributed by atoms with Crippen molar-refractivity contribution >= 4 is 17.5 Å². The van der Waals surface area contributed by atoms with Gasteiger partial charge in [0.05, 0.1) is 0 Å². The van der Waals surface area contributed by atoms with Gasteiger partial charge in [-0.1, -0.05) is 27.7 Å². The van der Waals surface area contributed by atoms with Crippen molar-refractivity contribution in [3.63, 3.8) is 0 Å². The largest absolute Gasteiger partial charge is 0.355 e. The van der Waals surface area contributed by atoms with Gasteiger partial charge in [0.2, 0.25) is 5.91 Å². The van der Waals surface area contributed by atoms with Crippen molar-refractivity contribution in [3.8, 4) is 0 Å². The second kappa shape index (κ2) is 4.70. The average molecular weight is 192 g/mol. The number of nitrogens with one attached hydrogen (secondary N) is 1. The van der Waals surface area contributed by atoms with Crippen LogP contribution in [0.4, 0.5) is 0 Å². The highest BCUT2D eigenvalue weighted by molar-refractivity contribution is 6.19. The smallest absolute Gasteiger partial charge is 0.224 e. The number of hydrogen-bond donors (Lipinski definition) is 1. The highest BCUT2D eigenvalue weighted by Crippen LogP contribution is 2.10. The number of carbonyl (C=O) groups is 1. The molecule has 0 rings (SSSR count). The summed E-state index contributed by atoms with van der Waals surface area (Å²) in [6.45, 7) is 8.77. The first-order valence-corrected chi connectivity index (χ1v) is 4.74. The van der Waals surface area contributed by atoms with Crippen molar-refractivity contribution in [1.29, 1.82) is 0 Å². The summed E-state index contributed by atoms with van der Waals surface area (Å²) in [7, 11) is 0. The van der Waals surface area contributed by atoms with Gasteiger partial charge in [0, 0.05) is 18.3 Å². The van der Waals surface area contributed by atoms with E-state index in [4.69, 9.17) is 11.6 Å². The summed E-state index contributed by atoms with van der Waals surface area (Å²) in [5.74, 6) is 0.338. The summed E-state index contributed by atoms with van der Waals surface area (Å²) in [6, 6.07) is 0. The Kier molecular flexibility index (Phi) is 4.61. The summed E-state index contributed by atoms with van der Waals surface area (Å²) in [4.78, 5) is 11.2. The van der Waals surface area contributed by atoms with Crippen LogP contribution in [0.3, 0.4) is 0 Å². The molecule has 1 amide bonds. The molecule has 0 aromatic rings. The van der Waals surface area contributed by atoms with E-state index in [1.165, 1.54) is 0 Å². The summed E-state index contributed by atoms with van der Waals surface area (Å²) in [6.07, 6.45) is 0. The molecule has 0 fully saturated rings. The molecule has 0 heterocycles. The van der Waals surface area contributed by atoms with Crippen LogP contribution in [0, 0.1) is 11.3 Å². The van der Waals surface area contributed by atoms with Gasteiger partial charge in [-0.3, -0.25) is 4.79 Å². The Hall–Kier alpha value is -0.240. The molecule has 0 aromatic carbocycles. The van der Waals surface area contributed by atoms with Crippen molar-refractivity contribution in [3.05, 3.63) is 0 Å². The topological polar surface area (TPSA) is 29.1 Å². The van der Waals surface area contributed by atoms with Crippen LogP contribution in [-0.2, 0) is 4.79 Å². The van der Waals surface area contributed by atoms with Crippen LogP contribution >= 0.6 is 11.6 Å². The van der Waals surface area contributed by atoms with Gasteiger partial charge in [-0.05, 0) is 5.41 Å². The molecule has 0 bridgehead atoms. The van der Waals surface area contributed by atoms with E-state index in [0.717, 1.165) is 0 Å². The predicted octanol–water partition coefficient (Wildman–Crippen LogP) is 2.02. The Labute approximate surface area is 79.7 Å². The van der Waals surface area contributed by atoms with Crippen LogP contribution in [0.1, 0.15) is 27.7 Å². The molecule has 0 aliphatic carbocycles. The van der Waals surface area contributed by atoms with Gasteiger partial charge in [0.1, 0.15) is 0 Å². The maximum Gasteiger partial charge on any atom is 0.224 e. The fourth-order valence-corrected chi connectivity index (χ4v) is 0.737. The lowest BCUT2D eigenvalue weighted by atomic mass is 9.97. The third-order valence-electron chi connectivity index (χ3n) is 1.47. The molecule has 0 saturated carbocycles. The zero-order valence-electron chi connectivity index (χ0n) is 8.28. The van der Waals surface area contributed by atoms with E-state index in [9.17, 15) is 4.79 Å². The number of rotatable bonds is 3. The van der Waals surface area contributed by atoms with E-state index in [0.29, 0.717) is 12.4 Å². The molecule has 72 valence electrons. The van der Waals surface area contributed by atoms with Crippen molar-refractivity contribution in [2.75, 3.05) is 12.4 Å². The van der Waals surface area contributed by atoms with Gasteiger partial charge in [-0.2, -0.15) is 0 Å². The van der Waals surface area contributed by atoms with E-state index in [2.05, 4.69) is 26.1 Å². The summed E-state index contributed by atoms with van der Waals surface area (Å²) >= 11 is 5.54. The Morgan fingerprint density at radius 2 is 2.00 bits per heavy atom. The third-order valence-corrected chi connectivity index (χ3v) is 1.93. The monoisotopic (exact) mass is 191 g/mol. The van der Waals surface area contributed by atoms with Crippen LogP contribution in [0.5, 0.6) is 0 Å². The van der Waals surface area contributed by atoms with Crippen LogP contribution < -0.4 is 5.32 Å². The first-order valence-electron chi connectivity index (χ1n) is 4.20. The van der Waals surface area contributed by atoms with Crippen LogP contribution in [0.15, 0.2) is 0 Å². The number of carbonyl (C=O) groups excluding carboxylic acids is 1. The lowest BCUT2D eigenvalue weighted by Gasteiger charge is -2.19. The van der Waals surface area contributed by atoms with Gasteiger partial charge in [-0.25, -0.2) is 0 Å². The molecule has 0 aromatic heterocycles. The molecule has 0 radical (unpaired) electrons. The minimum atomic E-state index is -0.0889. The number of halogens is 1. The molecule has 1 N–H and O–H groups in total. The Morgan fingerprint density at radius 1 is 1.50 bits per heavy atom. The van der Waals surface area contributed by atoms with Gasteiger partial charge >= 0.3 is 0 Å². The minimum Gasteiger partial charge on any atom is -0.355 e. The molecule has 1 atom stereocenters. The molecule has 12 heavy (non-hydrogen) atoms. The quantitative estimate of drug-likeness (QED) is 0.680. The van der Waals surface area contributed by atoms with Crippen LogP contribution in [0.25, 0.3) is 0 Å². The van der Waals surface area contributed by atoms with Gasteiger partial charge in [0.25, 0.3) is 0 Å². The first-order chi connectivity index (χ1) is 5.37. The second-order valence-electron chi connectivity index (χ2n) is 4.33. The van der Waals surface area contributed by atoms with E-state index in [1.54, 1.807) is 0 Å². The first kappa shape index (κ1) is 11.8. The normalized spacial score (nSPS) is 14.1. The number of hydrogen-bond acceptors (Lipinski definition) is 1. The van der Waals surface area contributed by atoms with Crippen molar-refractivity contribution in [2.24, 2.45) is 11.3 Å². The van der Waals surface area contributed by atoms with Crippen molar-refractivity contribution < 1.29 is 4.79 Å². The highest BCUT2D eigenvalue weighted by atomic mass is 35.5. The molecular formula is C9H18ClNO. The molecule has 0 aliphatic rings. The Morgan fingerprint density at radius 3 is 2.33 bits per heavy atom. The molecule has 0 aliphatic heterocycles. The SMILES string of the molecule is CC(CCl)C(=O)NCC(C)(C)C. The van der Waals surface area contributed by atoms with Gasteiger partial charge in [0.15, 0.2) is 0 Å². The van der Waals surface area contributed by atoms with Crippen LogP contribution in [-0.4, -0.2) is 18.3 Å².